The second-order valence-corrected chi connectivity index (χ2v) is 2.54. The Morgan fingerprint density at radius 3 is 2.31 bits per heavy atom. The monoisotopic (exact) mass is 200 g/mol. The summed E-state index contributed by atoms with van der Waals surface area (Å²) in [6.07, 6.45) is -5.65. The molecule has 0 rings (SSSR count). The van der Waals surface area contributed by atoms with Crippen molar-refractivity contribution >= 4 is 6.16 Å². The molecule has 0 saturated carbocycles. The lowest BCUT2D eigenvalue weighted by Crippen LogP contribution is -2.07. The number of alkyl halides is 3. The van der Waals surface area contributed by atoms with Crippen LogP contribution in [-0.2, 0) is 4.74 Å². The summed E-state index contributed by atoms with van der Waals surface area (Å²) in [5.41, 5.74) is 0. The number of halogens is 3. The van der Waals surface area contributed by atoms with Crippen LogP contribution in [-0.4, -0.2) is 24.0 Å². The Morgan fingerprint density at radius 2 is 1.85 bits per heavy atom. The van der Waals surface area contributed by atoms with Gasteiger partial charge in [-0.15, -0.1) is 0 Å². The minimum atomic E-state index is -4.12. The molecule has 13 heavy (non-hydrogen) atoms. The van der Waals surface area contributed by atoms with Crippen molar-refractivity contribution in [3.8, 4) is 0 Å². The van der Waals surface area contributed by atoms with Gasteiger partial charge in [0.1, 0.15) is 0 Å². The number of hydrogen-bond acceptors (Lipinski definition) is 2. The van der Waals surface area contributed by atoms with E-state index in [1.807, 2.05) is 0 Å². The highest BCUT2D eigenvalue weighted by Gasteiger charge is 2.25. The van der Waals surface area contributed by atoms with E-state index in [2.05, 4.69) is 4.74 Å². The smallest absolute Gasteiger partial charge is 0.450 e. The summed E-state index contributed by atoms with van der Waals surface area (Å²) in [4.78, 5) is 9.79. The quantitative estimate of drug-likeness (QED) is 0.548. The van der Waals surface area contributed by atoms with Crippen molar-refractivity contribution in [3.05, 3.63) is 0 Å². The van der Waals surface area contributed by atoms with E-state index in [4.69, 9.17) is 5.11 Å². The summed E-state index contributed by atoms with van der Waals surface area (Å²) in [5, 5.41) is 8.00. The van der Waals surface area contributed by atoms with E-state index in [0.29, 0.717) is 12.8 Å². The average Bonchev–Trinajstić information content (AvgIpc) is 1.93. The van der Waals surface area contributed by atoms with Crippen LogP contribution in [0.25, 0.3) is 0 Å². The summed E-state index contributed by atoms with van der Waals surface area (Å²) in [7, 11) is 0. The van der Waals surface area contributed by atoms with E-state index in [0.717, 1.165) is 0 Å². The van der Waals surface area contributed by atoms with Gasteiger partial charge in [0.25, 0.3) is 0 Å². The third kappa shape index (κ3) is 11.1. The Bertz CT molecular complexity index is 156. The summed E-state index contributed by atoms with van der Waals surface area (Å²) in [6.45, 7) is -0.0345. The highest BCUT2D eigenvalue weighted by molar-refractivity contribution is 5.56. The first-order valence-corrected chi connectivity index (χ1v) is 3.84. The Labute approximate surface area is 73.5 Å². The predicted molar refractivity (Wildman–Crippen MR) is 38.5 cm³/mol. The van der Waals surface area contributed by atoms with Gasteiger partial charge in [-0.2, -0.15) is 13.2 Å². The van der Waals surface area contributed by atoms with Crippen LogP contribution in [0.1, 0.15) is 25.7 Å². The van der Waals surface area contributed by atoms with Gasteiger partial charge in [-0.05, 0) is 19.3 Å². The fourth-order valence-electron chi connectivity index (χ4n) is 0.764. The third-order valence-electron chi connectivity index (χ3n) is 1.33. The standard InChI is InChI=1S/C7H11F3O3/c8-7(9,10)4-2-1-3-5-13-6(11)12/h1-5H2,(H,11,12). The van der Waals surface area contributed by atoms with Gasteiger partial charge in [0.05, 0.1) is 6.61 Å². The van der Waals surface area contributed by atoms with Gasteiger partial charge in [-0.3, -0.25) is 0 Å². The number of rotatable bonds is 5. The number of ether oxygens (including phenoxy) is 1. The van der Waals surface area contributed by atoms with E-state index in [1.54, 1.807) is 0 Å². The van der Waals surface area contributed by atoms with Gasteiger partial charge >= 0.3 is 12.3 Å². The molecule has 0 radical (unpaired) electrons. The normalized spacial score (nSPS) is 11.3. The topological polar surface area (TPSA) is 46.5 Å². The maximum atomic E-state index is 11.6. The lowest BCUT2D eigenvalue weighted by molar-refractivity contribution is -0.135. The van der Waals surface area contributed by atoms with Crippen molar-refractivity contribution in [3.63, 3.8) is 0 Å². The molecule has 0 aliphatic carbocycles. The van der Waals surface area contributed by atoms with Crippen molar-refractivity contribution in [2.24, 2.45) is 0 Å². The molecule has 0 saturated heterocycles. The Hall–Kier alpha value is -0.940. The van der Waals surface area contributed by atoms with Crippen molar-refractivity contribution in [1.82, 2.24) is 0 Å². The molecule has 0 amide bonds. The van der Waals surface area contributed by atoms with E-state index < -0.39 is 18.8 Å². The summed E-state index contributed by atoms with van der Waals surface area (Å²) in [5.74, 6) is 0. The molecule has 0 aliphatic heterocycles. The molecule has 0 fully saturated rings. The van der Waals surface area contributed by atoms with Gasteiger partial charge in [0, 0.05) is 6.42 Å². The van der Waals surface area contributed by atoms with E-state index in [-0.39, 0.29) is 13.0 Å². The van der Waals surface area contributed by atoms with Crippen LogP contribution in [0.3, 0.4) is 0 Å². The lowest BCUT2D eigenvalue weighted by atomic mass is 10.2. The first kappa shape index (κ1) is 12.1. The van der Waals surface area contributed by atoms with Crippen LogP contribution < -0.4 is 0 Å². The van der Waals surface area contributed by atoms with Crippen LogP contribution in [0.5, 0.6) is 0 Å². The minimum absolute atomic E-state index is 0.0203. The van der Waals surface area contributed by atoms with E-state index in [9.17, 15) is 18.0 Å². The maximum absolute atomic E-state index is 11.6. The summed E-state index contributed by atoms with van der Waals surface area (Å²) < 4.78 is 38.8. The largest absolute Gasteiger partial charge is 0.505 e. The average molecular weight is 200 g/mol. The molecule has 0 spiro atoms. The zero-order valence-electron chi connectivity index (χ0n) is 6.93. The molecule has 0 aromatic rings. The molecule has 0 aromatic carbocycles. The van der Waals surface area contributed by atoms with Crippen LogP contribution in [0, 0.1) is 0 Å². The molecule has 0 aromatic heterocycles. The van der Waals surface area contributed by atoms with Crippen LogP contribution in [0.15, 0.2) is 0 Å². The predicted octanol–water partition coefficient (Wildman–Crippen LogP) is 2.80. The molecule has 0 aliphatic rings. The molecule has 0 bridgehead atoms. The molecule has 0 atom stereocenters. The highest BCUT2D eigenvalue weighted by Crippen LogP contribution is 2.22. The maximum Gasteiger partial charge on any atom is 0.505 e. The van der Waals surface area contributed by atoms with Gasteiger partial charge in [-0.1, -0.05) is 0 Å². The van der Waals surface area contributed by atoms with Crippen molar-refractivity contribution in [2.45, 2.75) is 31.9 Å². The molecule has 0 unspecified atom stereocenters. The molecule has 1 N–H and O–H groups in total. The van der Waals surface area contributed by atoms with Gasteiger partial charge in [-0.25, -0.2) is 4.79 Å². The third-order valence-corrected chi connectivity index (χ3v) is 1.33. The van der Waals surface area contributed by atoms with Crippen LogP contribution in [0.2, 0.25) is 0 Å². The zero-order valence-corrected chi connectivity index (χ0v) is 6.93. The molecule has 6 heteroatoms. The molecule has 3 nitrogen and oxygen atoms in total. The van der Waals surface area contributed by atoms with Crippen molar-refractivity contribution < 1.29 is 27.8 Å². The first-order chi connectivity index (χ1) is 5.92. The molecular weight excluding hydrogens is 189 g/mol. The Morgan fingerprint density at radius 1 is 1.23 bits per heavy atom. The van der Waals surface area contributed by atoms with E-state index in [1.165, 1.54) is 0 Å². The molecule has 78 valence electrons. The van der Waals surface area contributed by atoms with Gasteiger partial charge in [0.15, 0.2) is 0 Å². The highest BCUT2D eigenvalue weighted by atomic mass is 19.4. The number of unbranched alkanes of at least 4 members (excludes halogenated alkanes) is 2. The number of carbonyl (C=O) groups is 1. The SMILES string of the molecule is O=C(O)OCCCCCC(F)(F)F. The minimum Gasteiger partial charge on any atom is -0.450 e. The molecule has 0 heterocycles. The number of hydrogen-bond donors (Lipinski definition) is 1. The number of carboxylic acid groups (broad SMARTS) is 1. The van der Waals surface area contributed by atoms with Crippen LogP contribution in [0.4, 0.5) is 18.0 Å². The fourth-order valence-corrected chi connectivity index (χ4v) is 0.764. The lowest BCUT2D eigenvalue weighted by Gasteiger charge is -2.05. The van der Waals surface area contributed by atoms with Crippen LogP contribution >= 0.6 is 0 Å². The summed E-state index contributed by atoms with van der Waals surface area (Å²) in [6, 6.07) is 0. The Kier molecular flexibility index (Phi) is 5.25. The first-order valence-electron chi connectivity index (χ1n) is 3.84. The van der Waals surface area contributed by atoms with Gasteiger partial charge < -0.3 is 9.84 Å². The van der Waals surface area contributed by atoms with Gasteiger partial charge in [0.2, 0.25) is 0 Å². The fraction of sp³-hybridized carbons (Fsp3) is 0.857. The van der Waals surface area contributed by atoms with E-state index >= 15 is 0 Å². The Balaban J connectivity index is 3.13. The van der Waals surface area contributed by atoms with Crippen molar-refractivity contribution in [1.29, 1.82) is 0 Å². The van der Waals surface area contributed by atoms with Crippen molar-refractivity contribution in [2.75, 3.05) is 6.61 Å². The zero-order chi connectivity index (χ0) is 10.3. The second-order valence-electron chi connectivity index (χ2n) is 2.54. The second kappa shape index (κ2) is 5.66. The summed E-state index contributed by atoms with van der Waals surface area (Å²) >= 11 is 0. The molecular formula is C7H11F3O3.